The summed E-state index contributed by atoms with van der Waals surface area (Å²) in [5, 5.41) is 5.16. The Morgan fingerprint density at radius 2 is 2.14 bits per heavy atom. The zero-order valence-corrected chi connectivity index (χ0v) is 12.8. The van der Waals surface area contributed by atoms with Crippen molar-refractivity contribution in [2.45, 2.75) is 12.6 Å². The molecule has 0 fully saturated rings. The molecule has 6 heteroatoms. The maximum atomic E-state index is 11.8. The molecule has 1 atom stereocenters. The number of amides is 1. The van der Waals surface area contributed by atoms with Crippen molar-refractivity contribution in [1.29, 1.82) is 0 Å². The average molecular weight is 306 g/mol. The van der Waals surface area contributed by atoms with Crippen LogP contribution in [-0.4, -0.2) is 20.1 Å². The summed E-state index contributed by atoms with van der Waals surface area (Å²) in [4.78, 5) is 12.9. The molecule has 1 aromatic heterocycles. The molecule has 2 aromatic rings. The average Bonchev–Trinajstić information content (AvgIpc) is 3.00. The van der Waals surface area contributed by atoms with Gasteiger partial charge >= 0.3 is 0 Å². The van der Waals surface area contributed by atoms with Gasteiger partial charge in [-0.3, -0.25) is 10.1 Å². The van der Waals surface area contributed by atoms with E-state index in [9.17, 15) is 4.79 Å². The van der Waals surface area contributed by atoms with Crippen LogP contribution in [0.3, 0.4) is 0 Å². The van der Waals surface area contributed by atoms with Crippen LogP contribution in [0.1, 0.15) is 16.5 Å². The summed E-state index contributed by atoms with van der Waals surface area (Å²) in [6, 6.07) is 8.65. The van der Waals surface area contributed by atoms with Crippen molar-refractivity contribution in [3.05, 3.63) is 46.2 Å². The first kappa shape index (κ1) is 15.3. The van der Waals surface area contributed by atoms with E-state index >= 15 is 0 Å². The topological polar surface area (TPSA) is 73.6 Å². The van der Waals surface area contributed by atoms with E-state index in [2.05, 4.69) is 5.32 Å². The number of primary amides is 1. The fraction of sp³-hybridized carbons (Fsp3) is 0.267. The molecule has 1 unspecified atom stereocenters. The molecule has 0 aliphatic heterocycles. The third-order valence-corrected chi connectivity index (χ3v) is 3.97. The van der Waals surface area contributed by atoms with Crippen LogP contribution in [0.15, 0.2) is 35.7 Å². The van der Waals surface area contributed by atoms with Crippen LogP contribution in [0.25, 0.3) is 0 Å². The first-order chi connectivity index (χ1) is 10.2. The fourth-order valence-corrected chi connectivity index (χ4v) is 2.69. The number of nitrogens with one attached hydrogen (secondary N) is 1. The largest absolute Gasteiger partial charge is 0.497 e. The van der Waals surface area contributed by atoms with E-state index in [0.717, 1.165) is 4.88 Å². The van der Waals surface area contributed by atoms with Crippen LogP contribution < -0.4 is 20.5 Å². The highest BCUT2D eigenvalue weighted by Crippen LogP contribution is 2.29. The maximum absolute atomic E-state index is 11.8. The lowest BCUT2D eigenvalue weighted by atomic mass is 10.0. The molecule has 0 aliphatic rings. The second-order valence-corrected chi connectivity index (χ2v) is 5.44. The Morgan fingerprint density at radius 1 is 1.33 bits per heavy atom. The van der Waals surface area contributed by atoms with Gasteiger partial charge in [-0.1, -0.05) is 6.07 Å². The van der Waals surface area contributed by atoms with Crippen molar-refractivity contribution in [3.8, 4) is 11.5 Å². The van der Waals surface area contributed by atoms with E-state index < -0.39 is 11.9 Å². The Morgan fingerprint density at radius 3 is 2.71 bits per heavy atom. The number of benzene rings is 1. The Kier molecular flexibility index (Phi) is 5.19. The predicted octanol–water partition coefficient (Wildman–Crippen LogP) is 2.08. The monoisotopic (exact) mass is 306 g/mol. The fourth-order valence-electron chi connectivity index (χ4n) is 2.04. The first-order valence-corrected chi connectivity index (χ1v) is 7.30. The number of hydrogen-bond donors (Lipinski definition) is 2. The second kappa shape index (κ2) is 7.10. The van der Waals surface area contributed by atoms with Crippen molar-refractivity contribution >= 4 is 17.2 Å². The number of rotatable bonds is 7. The minimum Gasteiger partial charge on any atom is -0.497 e. The SMILES string of the molecule is COc1ccc(C(NCc2cccs2)C(N)=O)c(OC)c1. The highest BCUT2D eigenvalue weighted by Gasteiger charge is 2.21. The van der Waals surface area contributed by atoms with Crippen molar-refractivity contribution < 1.29 is 14.3 Å². The minimum absolute atomic E-state index is 0.449. The lowest BCUT2D eigenvalue weighted by Gasteiger charge is -2.18. The van der Waals surface area contributed by atoms with Gasteiger partial charge in [-0.25, -0.2) is 0 Å². The van der Waals surface area contributed by atoms with E-state index in [4.69, 9.17) is 15.2 Å². The van der Waals surface area contributed by atoms with E-state index in [1.54, 1.807) is 43.8 Å². The predicted molar refractivity (Wildman–Crippen MR) is 82.6 cm³/mol. The zero-order chi connectivity index (χ0) is 15.2. The van der Waals surface area contributed by atoms with Gasteiger partial charge in [0.1, 0.15) is 17.5 Å². The van der Waals surface area contributed by atoms with Gasteiger partial charge in [0.2, 0.25) is 5.91 Å². The summed E-state index contributed by atoms with van der Waals surface area (Å²) in [6.07, 6.45) is 0. The number of methoxy groups -OCH3 is 2. The van der Waals surface area contributed by atoms with Gasteiger partial charge < -0.3 is 15.2 Å². The van der Waals surface area contributed by atoms with Gasteiger partial charge in [0, 0.05) is 23.1 Å². The van der Waals surface area contributed by atoms with Crippen molar-refractivity contribution in [3.63, 3.8) is 0 Å². The van der Waals surface area contributed by atoms with Crippen LogP contribution in [0, 0.1) is 0 Å². The Hall–Kier alpha value is -2.05. The molecule has 0 bridgehead atoms. The summed E-state index contributed by atoms with van der Waals surface area (Å²) in [6.45, 7) is 0.570. The van der Waals surface area contributed by atoms with Gasteiger partial charge in [0.15, 0.2) is 0 Å². The van der Waals surface area contributed by atoms with Crippen molar-refractivity contribution in [2.75, 3.05) is 14.2 Å². The minimum atomic E-state index is -0.618. The van der Waals surface area contributed by atoms with Gasteiger partial charge in [0.25, 0.3) is 0 Å². The number of ether oxygens (including phenoxy) is 2. The maximum Gasteiger partial charge on any atom is 0.239 e. The number of carbonyl (C=O) groups excluding carboxylic acids is 1. The zero-order valence-electron chi connectivity index (χ0n) is 12.0. The molecule has 0 saturated heterocycles. The number of nitrogens with two attached hydrogens (primary N) is 1. The first-order valence-electron chi connectivity index (χ1n) is 6.42. The summed E-state index contributed by atoms with van der Waals surface area (Å²) in [5.41, 5.74) is 6.21. The third-order valence-electron chi connectivity index (χ3n) is 3.10. The Bertz CT molecular complexity index is 599. The molecule has 21 heavy (non-hydrogen) atoms. The molecule has 0 saturated carbocycles. The molecular weight excluding hydrogens is 288 g/mol. The Balaban J connectivity index is 2.23. The van der Waals surface area contributed by atoms with Crippen LogP contribution in [-0.2, 0) is 11.3 Å². The summed E-state index contributed by atoms with van der Waals surface area (Å²) >= 11 is 1.62. The lowest BCUT2D eigenvalue weighted by Crippen LogP contribution is -2.33. The highest BCUT2D eigenvalue weighted by molar-refractivity contribution is 7.09. The van der Waals surface area contributed by atoms with Crippen LogP contribution in [0.4, 0.5) is 0 Å². The Labute approximate surface area is 127 Å². The smallest absolute Gasteiger partial charge is 0.239 e. The molecule has 112 valence electrons. The van der Waals surface area contributed by atoms with E-state index in [1.165, 1.54) is 0 Å². The molecule has 5 nitrogen and oxygen atoms in total. The quantitative estimate of drug-likeness (QED) is 0.821. The van der Waals surface area contributed by atoms with E-state index in [0.29, 0.717) is 23.6 Å². The van der Waals surface area contributed by atoms with Gasteiger partial charge in [-0.2, -0.15) is 0 Å². The lowest BCUT2D eigenvalue weighted by molar-refractivity contribution is -0.120. The summed E-state index contributed by atoms with van der Waals surface area (Å²) < 4.78 is 10.5. The normalized spacial score (nSPS) is 11.9. The third kappa shape index (κ3) is 3.74. The van der Waals surface area contributed by atoms with Crippen molar-refractivity contribution in [2.24, 2.45) is 5.73 Å². The molecule has 1 heterocycles. The van der Waals surface area contributed by atoms with Gasteiger partial charge in [0.05, 0.1) is 14.2 Å². The van der Waals surface area contributed by atoms with Crippen molar-refractivity contribution in [1.82, 2.24) is 5.32 Å². The van der Waals surface area contributed by atoms with Gasteiger partial charge in [-0.05, 0) is 23.6 Å². The van der Waals surface area contributed by atoms with Crippen LogP contribution in [0.2, 0.25) is 0 Å². The van der Waals surface area contributed by atoms with Crippen LogP contribution >= 0.6 is 11.3 Å². The number of hydrogen-bond acceptors (Lipinski definition) is 5. The van der Waals surface area contributed by atoms with Crippen LogP contribution in [0.5, 0.6) is 11.5 Å². The molecule has 1 amide bonds. The second-order valence-electron chi connectivity index (χ2n) is 4.40. The standard InChI is InChI=1S/C15H18N2O3S/c1-19-10-5-6-12(13(8-10)20-2)14(15(16)18)17-9-11-4-3-7-21-11/h3-8,14,17H,9H2,1-2H3,(H2,16,18). The molecule has 1 aromatic carbocycles. The molecule has 0 radical (unpaired) electrons. The highest BCUT2D eigenvalue weighted by atomic mass is 32.1. The molecule has 0 aliphatic carbocycles. The van der Waals surface area contributed by atoms with E-state index in [-0.39, 0.29) is 0 Å². The number of carbonyl (C=O) groups is 1. The molecular formula is C15H18N2O3S. The number of thiophene rings is 1. The van der Waals surface area contributed by atoms with E-state index in [1.807, 2.05) is 17.5 Å². The molecule has 0 spiro atoms. The molecule has 3 N–H and O–H groups in total. The summed E-state index contributed by atoms with van der Waals surface area (Å²) in [5.74, 6) is 0.781. The summed E-state index contributed by atoms with van der Waals surface area (Å²) in [7, 11) is 3.13. The van der Waals surface area contributed by atoms with Gasteiger partial charge in [-0.15, -0.1) is 11.3 Å². The molecule has 2 rings (SSSR count).